The van der Waals surface area contributed by atoms with Gasteiger partial charge in [-0.2, -0.15) is 5.10 Å². The van der Waals surface area contributed by atoms with E-state index in [1.54, 1.807) is 30.5 Å². The van der Waals surface area contributed by atoms with Crippen LogP contribution in [0.2, 0.25) is 0 Å². The van der Waals surface area contributed by atoms with Gasteiger partial charge in [-0.05, 0) is 52.3 Å². The third-order valence-corrected chi connectivity index (χ3v) is 4.75. The number of amides is 1. The fourth-order valence-corrected chi connectivity index (χ4v) is 3.10. The molecule has 0 unspecified atom stereocenters. The van der Waals surface area contributed by atoms with Crippen LogP contribution >= 0.6 is 31.9 Å². The van der Waals surface area contributed by atoms with Gasteiger partial charge in [0.25, 0.3) is 11.6 Å². The number of hydrazone groups is 1. The predicted octanol–water partition coefficient (Wildman–Crippen LogP) is 4.50. The molecule has 1 amide bonds. The molecule has 0 bridgehead atoms. The van der Waals surface area contributed by atoms with Crippen LogP contribution in [0.15, 0.2) is 75.0 Å². The van der Waals surface area contributed by atoms with Gasteiger partial charge in [0.05, 0.1) is 22.3 Å². The van der Waals surface area contributed by atoms with Gasteiger partial charge in [-0.25, -0.2) is 10.2 Å². The van der Waals surface area contributed by atoms with Gasteiger partial charge in [0.15, 0.2) is 0 Å². The number of hydrogen-bond acceptors (Lipinski definition) is 7. The Morgan fingerprint density at radius 3 is 2.45 bits per heavy atom. The van der Waals surface area contributed by atoms with E-state index in [4.69, 9.17) is 4.74 Å². The largest absolute Gasteiger partial charge is 0.422 e. The molecule has 3 rings (SSSR count). The number of ether oxygens (including phenoxy) is 1. The number of nitro groups is 1. The lowest BCUT2D eigenvalue weighted by molar-refractivity contribution is -0.384. The molecule has 0 fully saturated rings. The molecule has 1 aromatic heterocycles. The average Bonchev–Trinajstić information content (AvgIpc) is 2.75. The van der Waals surface area contributed by atoms with E-state index in [0.717, 1.165) is 0 Å². The summed E-state index contributed by atoms with van der Waals surface area (Å²) < 4.78 is 6.75. The summed E-state index contributed by atoms with van der Waals surface area (Å²) in [7, 11) is 0. The van der Waals surface area contributed by atoms with Crippen LogP contribution in [0.5, 0.6) is 5.75 Å². The Morgan fingerprint density at radius 1 is 1.03 bits per heavy atom. The number of nitrogens with zero attached hydrogens (tertiary/aromatic N) is 3. The summed E-state index contributed by atoms with van der Waals surface area (Å²) in [5.41, 5.74) is 3.11. The summed E-state index contributed by atoms with van der Waals surface area (Å²) >= 11 is 6.57. The van der Waals surface area contributed by atoms with Crippen molar-refractivity contribution in [3.05, 3.63) is 96.7 Å². The monoisotopic (exact) mass is 546 g/mol. The summed E-state index contributed by atoms with van der Waals surface area (Å²) in [5, 5.41) is 14.6. The molecule has 156 valence electrons. The minimum absolute atomic E-state index is 0.135. The van der Waals surface area contributed by atoms with Gasteiger partial charge in [-0.15, -0.1) is 0 Å². The van der Waals surface area contributed by atoms with Crippen LogP contribution in [0.3, 0.4) is 0 Å². The summed E-state index contributed by atoms with van der Waals surface area (Å²) in [5.74, 6) is -0.978. The zero-order chi connectivity index (χ0) is 22.4. The molecule has 1 heterocycles. The standard InChI is InChI=1S/C20H12Br2N4O5/c21-15-3-6-18(31-20(28)12-1-4-17(5-2-12)26(29)30)13(7-15)10-24-25-19(27)14-8-16(22)11-23-9-14/h1-11H,(H,25,27)/b24-10+. The second kappa shape index (κ2) is 10.0. The molecule has 0 saturated carbocycles. The number of rotatable bonds is 6. The van der Waals surface area contributed by atoms with Crippen LogP contribution < -0.4 is 10.2 Å². The minimum atomic E-state index is -0.698. The van der Waals surface area contributed by atoms with Gasteiger partial charge in [-0.3, -0.25) is 19.9 Å². The Hall–Kier alpha value is -3.44. The van der Waals surface area contributed by atoms with Gasteiger partial charge in [0.1, 0.15) is 5.75 Å². The number of non-ortho nitro benzene ring substituents is 1. The lowest BCUT2D eigenvalue weighted by Crippen LogP contribution is -2.18. The van der Waals surface area contributed by atoms with Crippen molar-refractivity contribution in [3.63, 3.8) is 0 Å². The summed E-state index contributed by atoms with van der Waals surface area (Å²) in [6, 6.07) is 11.5. The molecule has 3 aromatic rings. The van der Waals surface area contributed by atoms with E-state index in [1.807, 2.05) is 0 Å². The van der Waals surface area contributed by atoms with E-state index in [1.165, 1.54) is 36.7 Å². The number of carbonyl (C=O) groups is 2. The van der Waals surface area contributed by atoms with E-state index < -0.39 is 16.8 Å². The number of pyridine rings is 1. The van der Waals surface area contributed by atoms with Crippen molar-refractivity contribution in [1.82, 2.24) is 10.4 Å². The molecule has 0 saturated heterocycles. The van der Waals surface area contributed by atoms with Crippen molar-refractivity contribution in [1.29, 1.82) is 0 Å². The Bertz CT molecular complexity index is 1180. The molecule has 0 radical (unpaired) electrons. The predicted molar refractivity (Wildman–Crippen MR) is 119 cm³/mol. The van der Waals surface area contributed by atoms with Crippen molar-refractivity contribution in [2.45, 2.75) is 0 Å². The second-order valence-corrected chi connectivity index (χ2v) is 7.80. The molecule has 0 aliphatic carbocycles. The summed E-state index contributed by atoms with van der Waals surface area (Å²) in [4.78, 5) is 38.6. The number of halogens is 2. The Balaban J connectivity index is 1.74. The van der Waals surface area contributed by atoms with Crippen molar-refractivity contribution in [3.8, 4) is 5.75 Å². The van der Waals surface area contributed by atoms with E-state index in [2.05, 4.69) is 47.4 Å². The number of nitrogens with one attached hydrogen (secondary N) is 1. The molecular weight excluding hydrogens is 536 g/mol. The average molecular weight is 548 g/mol. The van der Waals surface area contributed by atoms with Crippen LogP contribution in [-0.2, 0) is 0 Å². The molecular formula is C20H12Br2N4O5. The number of nitro benzene ring substituents is 1. The Morgan fingerprint density at radius 2 is 1.77 bits per heavy atom. The Labute approximate surface area is 192 Å². The van der Waals surface area contributed by atoms with E-state index in [9.17, 15) is 19.7 Å². The molecule has 0 atom stereocenters. The topological polar surface area (TPSA) is 124 Å². The molecule has 0 aliphatic rings. The van der Waals surface area contributed by atoms with Gasteiger partial charge >= 0.3 is 5.97 Å². The second-order valence-electron chi connectivity index (χ2n) is 5.97. The lowest BCUT2D eigenvalue weighted by Gasteiger charge is -2.08. The Kier molecular flexibility index (Phi) is 7.21. The number of carbonyl (C=O) groups excluding carboxylic acids is 2. The highest BCUT2D eigenvalue weighted by atomic mass is 79.9. The first-order valence-corrected chi connectivity index (χ1v) is 10.1. The molecule has 0 aliphatic heterocycles. The van der Waals surface area contributed by atoms with E-state index >= 15 is 0 Å². The lowest BCUT2D eigenvalue weighted by atomic mass is 10.2. The fraction of sp³-hybridized carbons (Fsp3) is 0. The zero-order valence-electron chi connectivity index (χ0n) is 15.5. The molecule has 2 aromatic carbocycles. The van der Waals surface area contributed by atoms with Gasteiger partial charge in [-0.1, -0.05) is 15.9 Å². The van der Waals surface area contributed by atoms with Crippen molar-refractivity contribution >= 4 is 55.6 Å². The van der Waals surface area contributed by atoms with Crippen LogP contribution in [0.4, 0.5) is 5.69 Å². The van der Waals surface area contributed by atoms with Crippen LogP contribution in [0.1, 0.15) is 26.3 Å². The molecule has 1 N–H and O–H groups in total. The van der Waals surface area contributed by atoms with Crippen LogP contribution in [0, 0.1) is 10.1 Å². The smallest absolute Gasteiger partial charge is 0.343 e. The molecule has 31 heavy (non-hydrogen) atoms. The summed E-state index contributed by atoms with van der Waals surface area (Å²) in [6.07, 6.45) is 4.27. The van der Waals surface area contributed by atoms with Gasteiger partial charge in [0.2, 0.25) is 0 Å². The summed E-state index contributed by atoms with van der Waals surface area (Å²) in [6.45, 7) is 0. The number of esters is 1. The maximum absolute atomic E-state index is 12.4. The highest BCUT2D eigenvalue weighted by molar-refractivity contribution is 9.10. The fourth-order valence-electron chi connectivity index (χ4n) is 2.35. The highest BCUT2D eigenvalue weighted by Crippen LogP contribution is 2.23. The van der Waals surface area contributed by atoms with E-state index in [0.29, 0.717) is 20.1 Å². The molecule has 0 spiro atoms. The highest BCUT2D eigenvalue weighted by Gasteiger charge is 2.14. The van der Waals surface area contributed by atoms with E-state index in [-0.39, 0.29) is 17.0 Å². The van der Waals surface area contributed by atoms with Crippen molar-refractivity contribution < 1.29 is 19.2 Å². The maximum Gasteiger partial charge on any atom is 0.343 e. The third kappa shape index (κ3) is 6.03. The minimum Gasteiger partial charge on any atom is -0.422 e. The van der Waals surface area contributed by atoms with Gasteiger partial charge < -0.3 is 4.74 Å². The normalized spacial score (nSPS) is 10.6. The third-order valence-electron chi connectivity index (χ3n) is 3.83. The SMILES string of the molecule is O=C(N/N=C/c1cc(Br)ccc1OC(=O)c1ccc([N+](=O)[O-])cc1)c1cncc(Br)c1. The van der Waals surface area contributed by atoms with Crippen molar-refractivity contribution in [2.24, 2.45) is 5.10 Å². The van der Waals surface area contributed by atoms with Crippen LogP contribution in [-0.4, -0.2) is 28.0 Å². The first-order valence-electron chi connectivity index (χ1n) is 8.53. The molecule has 9 nitrogen and oxygen atoms in total. The van der Waals surface area contributed by atoms with Crippen LogP contribution in [0.25, 0.3) is 0 Å². The number of aromatic nitrogens is 1. The maximum atomic E-state index is 12.4. The number of hydrogen-bond donors (Lipinski definition) is 1. The first-order chi connectivity index (χ1) is 14.8. The zero-order valence-corrected chi connectivity index (χ0v) is 18.7. The van der Waals surface area contributed by atoms with Crippen molar-refractivity contribution in [2.75, 3.05) is 0 Å². The van der Waals surface area contributed by atoms with Gasteiger partial charge in [0, 0.05) is 39.0 Å². The first kappa shape index (κ1) is 22.2. The quantitative estimate of drug-likeness (QED) is 0.159. The number of benzene rings is 2. The molecule has 11 heteroatoms.